The second-order valence-electron chi connectivity index (χ2n) is 8.15. The van der Waals surface area contributed by atoms with Crippen molar-refractivity contribution in [3.05, 3.63) is 30.9 Å². The van der Waals surface area contributed by atoms with Crippen molar-refractivity contribution in [2.75, 3.05) is 26.9 Å². The van der Waals surface area contributed by atoms with Crippen molar-refractivity contribution >= 4 is 19.1 Å². The minimum atomic E-state index is -1.10. The summed E-state index contributed by atoms with van der Waals surface area (Å²) in [6, 6.07) is 3.17. The predicted molar refractivity (Wildman–Crippen MR) is 113 cm³/mol. The number of aryl methyl sites for hydroxylation is 1. The fourth-order valence-corrected chi connectivity index (χ4v) is 3.66. The van der Waals surface area contributed by atoms with Gasteiger partial charge in [-0.2, -0.15) is 5.10 Å². The third kappa shape index (κ3) is 5.21. The van der Waals surface area contributed by atoms with Crippen LogP contribution >= 0.6 is 0 Å². The summed E-state index contributed by atoms with van der Waals surface area (Å²) in [5.41, 5.74) is 3.00. The maximum absolute atomic E-state index is 5.96. The molecule has 3 aromatic heterocycles. The van der Waals surface area contributed by atoms with Crippen LogP contribution in [0.5, 0.6) is 5.75 Å². The van der Waals surface area contributed by atoms with Gasteiger partial charge in [-0.3, -0.25) is 4.68 Å². The minimum Gasteiger partial charge on any atom is -0.490 e. The molecule has 0 saturated carbocycles. The number of fused-ring (bicyclic) bond motifs is 1. The van der Waals surface area contributed by atoms with E-state index in [4.69, 9.17) is 14.2 Å². The zero-order valence-corrected chi connectivity index (χ0v) is 18.4. The van der Waals surface area contributed by atoms with E-state index in [1.165, 1.54) is 0 Å². The van der Waals surface area contributed by atoms with E-state index in [0.29, 0.717) is 19.9 Å². The molecule has 7 nitrogen and oxygen atoms in total. The van der Waals surface area contributed by atoms with E-state index in [1.807, 2.05) is 25.5 Å². The molecule has 0 aliphatic carbocycles. The fraction of sp³-hybridized carbons (Fsp3) is 0.500. The lowest BCUT2D eigenvalue weighted by Gasteiger charge is -2.15. The Morgan fingerprint density at radius 3 is 2.57 bits per heavy atom. The molecule has 3 aromatic rings. The molecular weight excluding hydrogens is 372 g/mol. The lowest BCUT2D eigenvalue weighted by molar-refractivity contribution is 0.0899. The molecule has 0 unspecified atom stereocenters. The first kappa shape index (κ1) is 20.6. The monoisotopic (exact) mass is 402 g/mol. The van der Waals surface area contributed by atoms with E-state index in [2.05, 4.69) is 40.5 Å². The van der Waals surface area contributed by atoms with Crippen LogP contribution < -0.4 is 4.74 Å². The molecule has 0 fully saturated rings. The molecule has 0 aliphatic rings. The number of ether oxygens (including phenoxy) is 3. The second-order valence-corrected chi connectivity index (χ2v) is 13.8. The van der Waals surface area contributed by atoms with Gasteiger partial charge in [0.2, 0.25) is 0 Å². The Labute approximate surface area is 167 Å². The number of pyridine rings is 1. The molecule has 0 atom stereocenters. The van der Waals surface area contributed by atoms with Gasteiger partial charge in [-0.15, -0.1) is 0 Å². The van der Waals surface area contributed by atoms with Crippen LogP contribution in [-0.2, 0) is 23.3 Å². The summed E-state index contributed by atoms with van der Waals surface area (Å²) in [6.45, 7) is 9.36. The van der Waals surface area contributed by atoms with E-state index in [0.717, 1.165) is 40.6 Å². The Morgan fingerprint density at radius 2 is 1.89 bits per heavy atom. The van der Waals surface area contributed by atoms with Crippen LogP contribution in [0.1, 0.15) is 0 Å². The van der Waals surface area contributed by atoms with Crippen molar-refractivity contribution < 1.29 is 14.2 Å². The Morgan fingerprint density at radius 1 is 1.07 bits per heavy atom. The molecule has 3 rings (SSSR count). The highest BCUT2D eigenvalue weighted by atomic mass is 28.3. The predicted octanol–water partition coefficient (Wildman–Crippen LogP) is 3.77. The van der Waals surface area contributed by atoms with Crippen molar-refractivity contribution in [1.29, 1.82) is 0 Å². The van der Waals surface area contributed by atoms with Crippen molar-refractivity contribution in [3.8, 4) is 16.9 Å². The van der Waals surface area contributed by atoms with E-state index >= 15 is 0 Å². The van der Waals surface area contributed by atoms with Crippen molar-refractivity contribution in [1.82, 2.24) is 19.3 Å². The van der Waals surface area contributed by atoms with Gasteiger partial charge in [-0.25, -0.2) is 4.98 Å². The molecule has 152 valence electrons. The maximum atomic E-state index is 5.96. The van der Waals surface area contributed by atoms with Gasteiger partial charge in [-0.05, 0) is 12.1 Å². The van der Waals surface area contributed by atoms with Gasteiger partial charge in [0.05, 0.1) is 19.0 Å². The molecule has 0 saturated heterocycles. The first-order valence-corrected chi connectivity index (χ1v) is 13.3. The van der Waals surface area contributed by atoms with E-state index in [9.17, 15) is 0 Å². The van der Waals surface area contributed by atoms with E-state index in [1.54, 1.807) is 18.0 Å². The van der Waals surface area contributed by atoms with Gasteiger partial charge in [-0.1, -0.05) is 19.6 Å². The molecule has 28 heavy (non-hydrogen) atoms. The number of nitrogens with zero attached hydrogens (tertiary/aromatic N) is 4. The van der Waals surface area contributed by atoms with Gasteiger partial charge in [0.15, 0.2) is 0 Å². The van der Waals surface area contributed by atoms with E-state index in [-0.39, 0.29) is 0 Å². The summed E-state index contributed by atoms with van der Waals surface area (Å²) in [5, 5.41) is 5.33. The van der Waals surface area contributed by atoms with Crippen LogP contribution in [0.4, 0.5) is 0 Å². The highest BCUT2D eigenvalue weighted by molar-refractivity contribution is 6.76. The third-order valence-electron chi connectivity index (χ3n) is 4.49. The number of rotatable bonds is 10. The minimum absolute atomic E-state index is 0.484. The zero-order valence-electron chi connectivity index (χ0n) is 17.4. The van der Waals surface area contributed by atoms with Crippen LogP contribution in [0.25, 0.3) is 22.2 Å². The quantitative estimate of drug-likeness (QED) is 0.381. The van der Waals surface area contributed by atoms with E-state index < -0.39 is 8.07 Å². The molecule has 0 radical (unpaired) electrons. The first-order valence-electron chi connectivity index (χ1n) is 9.55. The van der Waals surface area contributed by atoms with Gasteiger partial charge in [0.1, 0.15) is 24.7 Å². The van der Waals surface area contributed by atoms with Crippen LogP contribution in [0, 0.1) is 0 Å². The fourth-order valence-electron chi connectivity index (χ4n) is 2.90. The highest BCUT2D eigenvalue weighted by Crippen LogP contribution is 2.31. The Balaban J connectivity index is 1.86. The maximum Gasteiger partial charge on any atom is 0.142 e. The van der Waals surface area contributed by atoms with Gasteiger partial charge in [0.25, 0.3) is 0 Å². The SMILES string of the molecule is COCCOc1cnc2c(c1)c(-c1cnn(C)c1)cn2COCC[Si](C)(C)C. The normalized spacial score (nSPS) is 12.0. The zero-order chi connectivity index (χ0) is 20.1. The Kier molecular flexibility index (Phi) is 6.53. The van der Waals surface area contributed by atoms with Gasteiger partial charge < -0.3 is 18.8 Å². The molecular formula is C20H30N4O3Si. The van der Waals surface area contributed by atoms with Crippen molar-refractivity contribution in [3.63, 3.8) is 0 Å². The number of methoxy groups -OCH3 is 1. The lowest BCUT2D eigenvalue weighted by Crippen LogP contribution is -2.22. The summed E-state index contributed by atoms with van der Waals surface area (Å²) < 4.78 is 20.6. The number of hydrogen-bond donors (Lipinski definition) is 0. The molecule has 3 heterocycles. The van der Waals surface area contributed by atoms with Crippen molar-refractivity contribution in [2.45, 2.75) is 32.4 Å². The van der Waals surface area contributed by atoms with Gasteiger partial charge >= 0.3 is 0 Å². The summed E-state index contributed by atoms with van der Waals surface area (Å²) in [5.74, 6) is 0.729. The summed E-state index contributed by atoms with van der Waals surface area (Å²) in [7, 11) is 2.47. The topological polar surface area (TPSA) is 63.3 Å². The van der Waals surface area contributed by atoms with Gasteiger partial charge in [0, 0.05) is 57.7 Å². The van der Waals surface area contributed by atoms with Crippen LogP contribution in [0.3, 0.4) is 0 Å². The largest absolute Gasteiger partial charge is 0.490 e. The smallest absolute Gasteiger partial charge is 0.142 e. The highest BCUT2D eigenvalue weighted by Gasteiger charge is 2.15. The average Bonchev–Trinajstić information content (AvgIpc) is 3.21. The van der Waals surface area contributed by atoms with Crippen LogP contribution in [0.15, 0.2) is 30.9 Å². The van der Waals surface area contributed by atoms with Crippen LogP contribution in [0.2, 0.25) is 25.7 Å². The molecule has 0 amide bonds. The van der Waals surface area contributed by atoms with Crippen molar-refractivity contribution in [2.24, 2.45) is 7.05 Å². The van der Waals surface area contributed by atoms with Crippen LogP contribution in [-0.4, -0.2) is 54.3 Å². The Hall–Kier alpha value is -2.16. The average molecular weight is 403 g/mol. The summed E-state index contributed by atoms with van der Waals surface area (Å²) >= 11 is 0. The Bertz CT molecular complexity index is 914. The summed E-state index contributed by atoms with van der Waals surface area (Å²) in [4.78, 5) is 4.64. The summed E-state index contributed by atoms with van der Waals surface area (Å²) in [6.07, 6.45) is 7.71. The third-order valence-corrected chi connectivity index (χ3v) is 6.19. The first-order chi connectivity index (χ1) is 13.4. The number of aromatic nitrogens is 4. The standard InChI is InChI=1S/C20H30N4O3Si/c1-23-13-16(11-22-23)19-14-24(15-26-8-9-28(3,4)5)20-18(19)10-17(12-21-20)27-7-6-25-2/h10-14H,6-9,15H2,1-5H3. The molecule has 0 aliphatic heterocycles. The molecule has 0 spiro atoms. The number of hydrogen-bond acceptors (Lipinski definition) is 5. The molecule has 0 aromatic carbocycles. The molecule has 0 bridgehead atoms. The second kappa shape index (κ2) is 8.89. The molecule has 8 heteroatoms. The lowest BCUT2D eigenvalue weighted by atomic mass is 10.1. The molecule has 0 N–H and O–H groups in total.